The van der Waals surface area contributed by atoms with E-state index in [2.05, 4.69) is 10.0 Å². The first-order chi connectivity index (χ1) is 16.5. The summed E-state index contributed by atoms with van der Waals surface area (Å²) in [5.41, 5.74) is 1.32. The van der Waals surface area contributed by atoms with Gasteiger partial charge in [0.2, 0.25) is 20.0 Å². The van der Waals surface area contributed by atoms with Gasteiger partial charge in [-0.1, -0.05) is 12.1 Å². The van der Waals surface area contributed by atoms with Crippen molar-refractivity contribution in [2.75, 3.05) is 32.9 Å². The second-order valence-corrected chi connectivity index (χ2v) is 12.1. The molecule has 3 rings (SSSR count). The molecule has 0 saturated carbocycles. The summed E-state index contributed by atoms with van der Waals surface area (Å²) in [7, 11) is -7.19. The summed E-state index contributed by atoms with van der Waals surface area (Å²) in [5, 5.41) is 2.72. The van der Waals surface area contributed by atoms with E-state index in [0.717, 1.165) is 5.56 Å². The number of benzene rings is 2. The average molecular weight is 526 g/mol. The third-order valence-corrected chi connectivity index (χ3v) is 8.80. The third-order valence-electron chi connectivity index (χ3n) is 5.23. The third kappa shape index (κ3) is 7.24. The number of carbonyl (C=O) groups excluding carboxylic acids is 1. The van der Waals surface area contributed by atoms with Gasteiger partial charge in [0.05, 0.1) is 23.0 Å². The summed E-state index contributed by atoms with van der Waals surface area (Å²) in [6, 6.07) is 10.6. The van der Waals surface area contributed by atoms with E-state index in [1.54, 1.807) is 32.9 Å². The van der Waals surface area contributed by atoms with Gasteiger partial charge in [0, 0.05) is 25.7 Å². The van der Waals surface area contributed by atoms with Crippen molar-refractivity contribution in [2.24, 2.45) is 0 Å². The molecule has 1 heterocycles. The molecule has 0 aromatic heterocycles. The van der Waals surface area contributed by atoms with E-state index in [-0.39, 0.29) is 34.9 Å². The maximum Gasteiger partial charge on any atom is 0.258 e. The summed E-state index contributed by atoms with van der Waals surface area (Å²) in [4.78, 5) is 12.5. The molecule has 2 N–H and O–H groups in total. The molecule has 0 aliphatic carbocycles. The fraction of sp³-hybridized carbons (Fsp3) is 0.435. The van der Waals surface area contributed by atoms with Gasteiger partial charge in [0.1, 0.15) is 5.75 Å². The molecule has 192 valence electrons. The van der Waals surface area contributed by atoms with Crippen LogP contribution in [-0.4, -0.2) is 66.0 Å². The van der Waals surface area contributed by atoms with Gasteiger partial charge in [0.15, 0.2) is 6.61 Å². The Morgan fingerprint density at radius 3 is 2.26 bits per heavy atom. The molecule has 1 amide bonds. The van der Waals surface area contributed by atoms with Crippen LogP contribution in [0.2, 0.25) is 0 Å². The van der Waals surface area contributed by atoms with Gasteiger partial charge in [-0.3, -0.25) is 4.79 Å². The Morgan fingerprint density at radius 1 is 1.03 bits per heavy atom. The Kier molecular flexibility index (Phi) is 8.89. The standard InChI is InChI=1S/C23H31N3O7S2/c1-17(2)25-34(28,29)21-8-9-22(18(3)14-21)33-16-23(27)24-15-19-4-6-20(7-5-19)35(30,31)26-10-12-32-13-11-26/h4-9,14,17,25H,10-13,15-16H2,1-3H3,(H,24,27). The first-order valence-corrected chi connectivity index (χ1v) is 14.1. The highest BCUT2D eigenvalue weighted by Gasteiger charge is 2.26. The number of hydrogen-bond donors (Lipinski definition) is 2. The SMILES string of the molecule is Cc1cc(S(=O)(=O)NC(C)C)ccc1OCC(=O)NCc1ccc(S(=O)(=O)N2CCOCC2)cc1. The Morgan fingerprint density at radius 2 is 1.66 bits per heavy atom. The van der Waals surface area contributed by atoms with Crippen molar-refractivity contribution in [2.45, 2.75) is 43.1 Å². The Balaban J connectivity index is 1.52. The van der Waals surface area contributed by atoms with Crippen LogP contribution >= 0.6 is 0 Å². The van der Waals surface area contributed by atoms with Gasteiger partial charge < -0.3 is 14.8 Å². The van der Waals surface area contributed by atoms with Crippen LogP contribution in [0.1, 0.15) is 25.0 Å². The zero-order valence-electron chi connectivity index (χ0n) is 20.0. The van der Waals surface area contributed by atoms with Crippen LogP contribution in [0, 0.1) is 6.92 Å². The van der Waals surface area contributed by atoms with Crippen LogP contribution < -0.4 is 14.8 Å². The average Bonchev–Trinajstić information content (AvgIpc) is 2.82. The minimum atomic E-state index is -3.62. The molecule has 0 atom stereocenters. The lowest BCUT2D eigenvalue weighted by Gasteiger charge is -2.26. The highest BCUT2D eigenvalue weighted by molar-refractivity contribution is 7.89. The van der Waals surface area contributed by atoms with Crippen LogP contribution in [0.5, 0.6) is 5.75 Å². The number of amides is 1. The smallest absolute Gasteiger partial charge is 0.258 e. The molecule has 0 spiro atoms. The topological polar surface area (TPSA) is 131 Å². The van der Waals surface area contributed by atoms with Crippen molar-refractivity contribution in [1.29, 1.82) is 0 Å². The number of hydrogen-bond acceptors (Lipinski definition) is 7. The first kappa shape index (κ1) is 27.1. The second kappa shape index (κ2) is 11.5. The zero-order valence-corrected chi connectivity index (χ0v) is 21.6. The Hall–Kier alpha value is -2.51. The summed E-state index contributed by atoms with van der Waals surface area (Å²) in [5.74, 6) is 0.0360. The quantitative estimate of drug-likeness (QED) is 0.479. The van der Waals surface area contributed by atoms with Crippen LogP contribution in [0.3, 0.4) is 0 Å². The molecule has 0 unspecified atom stereocenters. The molecule has 1 saturated heterocycles. The molecule has 2 aromatic carbocycles. The zero-order chi connectivity index (χ0) is 25.6. The van der Waals surface area contributed by atoms with Crippen LogP contribution in [-0.2, 0) is 36.1 Å². The maximum absolute atomic E-state index is 12.7. The van der Waals surface area contributed by atoms with E-state index < -0.39 is 20.0 Å². The first-order valence-electron chi connectivity index (χ1n) is 11.2. The minimum absolute atomic E-state index is 0.125. The van der Waals surface area contributed by atoms with Gasteiger partial charge in [-0.05, 0) is 62.2 Å². The number of rotatable bonds is 10. The van der Waals surface area contributed by atoms with Gasteiger partial charge in [0.25, 0.3) is 5.91 Å². The largest absolute Gasteiger partial charge is 0.484 e. The summed E-state index contributed by atoms with van der Waals surface area (Å²) >= 11 is 0. The summed E-state index contributed by atoms with van der Waals surface area (Å²) < 4.78 is 64.6. The molecule has 1 fully saturated rings. The van der Waals surface area contributed by atoms with E-state index in [1.165, 1.54) is 34.6 Å². The van der Waals surface area contributed by atoms with Gasteiger partial charge in [-0.2, -0.15) is 4.31 Å². The Bertz CT molecular complexity index is 1240. The number of nitrogens with zero attached hydrogens (tertiary/aromatic N) is 1. The van der Waals surface area contributed by atoms with Crippen LogP contribution in [0.25, 0.3) is 0 Å². The predicted octanol–water partition coefficient (Wildman–Crippen LogP) is 1.40. The minimum Gasteiger partial charge on any atom is -0.484 e. The maximum atomic E-state index is 12.7. The number of ether oxygens (including phenoxy) is 2. The molecule has 35 heavy (non-hydrogen) atoms. The van der Waals surface area contributed by atoms with Crippen molar-refractivity contribution >= 4 is 26.0 Å². The van der Waals surface area contributed by atoms with Crippen molar-refractivity contribution in [3.05, 3.63) is 53.6 Å². The molecule has 2 aromatic rings. The lowest BCUT2D eigenvalue weighted by molar-refractivity contribution is -0.123. The normalized spacial score (nSPS) is 15.2. The van der Waals surface area contributed by atoms with Gasteiger partial charge >= 0.3 is 0 Å². The number of aryl methyl sites for hydroxylation is 1. The van der Waals surface area contributed by atoms with E-state index in [9.17, 15) is 21.6 Å². The number of sulfonamides is 2. The van der Waals surface area contributed by atoms with E-state index in [4.69, 9.17) is 9.47 Å². The lowest BCUT2D eigenvalue weighted by atomic mass is 10.2. The Labute approximate surface area is 206 Å². The summed E-state index contributed by atoms with van der Waals surface area (Å²) in [6.07, 6.45) is 0. The van der Waals surface area contributed by atoms with Crippen molar-refractivity contribution in [1.82, 2.24) is 14.3 Å². The molecule has 1 aliphatic heterocycles. The van der Waals surface area contributed by atoms with Crippen LogP contribution in [0.15, 0.2) is 52.3 Å². The van der Waals surface area contributed by atoms with E-state index in [0.29, 0.717) is 37.6 Å². The monoisotopic (exact) mass is 525 g/mol. The second-order valence-electron chi connectivity index (χ2n) is 8.43. The summed E-state index contributed by atoms with van der Waals surface area (Å²) in [6.45, 7) is 6.55. The molecule has 12 heteroatoms. The molecular weight excluding hydrogens is 494 g/mol. The molecule has 0 radical (unpaired) electrons. The van der Waals surface area contributed by atoms with Crippen LogP contribution in [0.4, 0.5) is 0 Å². The fourth-order valence-corrected chi connectivity index (χ4v) is 6.18. The molecule has 10 nitrogen and oxygen atoms in total. The van der Waals surface area contributed by atoms with Crippen molar-refractivity contribution in [3.63, 3.8) is 0 Å². The number of carbonyl (C=O) groups is 1. The highest BCUT2D eigenvalue weighted by Crippen LogP contribution is 2.22. The molecular formula is C23H31N3O7S2. The molecule has 1 aliphatic rings. The molecule has 0 bridgehead atoms. The van der Waals surface area contributed by atoms with Crippen molar-refractivity contribution < 1.29 is 31.1 Å². The predicted molar refractivity (Wildman–Crippen MR) is 130 cm³/mol. The van der Waals surface area contributed by atoms with Gasteiger partial charge in [-0.15, -0.1) is 0 Å². The fourth-order valence-electron chi connectivity index (χ4n) is 3.44. The van der Waals surface area contributed by atoms with Crippen molar-refractivity contribution in [3.8, 4) is 5.75 Å². The van der Waals surface area contributed by atoms with Gasteiger partial charge in [-0.25, -0.2) is 21.6 Å². The number of morpholine rings is 1. The number of nitrogens with one attached hydrogen (secondary N) is 2. The lowest BCUT2D eigenvalue weighted by Crippen LogP contribution is -2.40. The van der Waals surface area contributed by atoms with E-state index in [1.807, 2.05) is 0 Å². The van der Waals surface area contributed by atoms with E-state index >= 15 is 0 Å². The highest BCUT2D eigenvalue weighted by atomic mass is 32.2.